The number of aryl methyl sites for hydroxylation is 1. The van der Waals surface area contributed by atoms with Crippen LogP contribution in [-0.2, 0) is 6.42 Å². The molecule has 18 heavy (non-hydrogen) atoms. The molecule has 1 rings (SSSR count). The van der Waals surface area contributed by atoms with Gasteiger partial charge in [-0.3, -0.25) is 10.1 Å². The van der Waals surface area contributed by atoms with E-state index < -0.39 is 4.92 Å². The van der Waals surface area contributed by atoms with E-state index in [-0.39, 0.29) is 5.69 Å². The number of nitro benzene ring substituents is 1. The lowest BCUT2D eigenvalue weighted by Gasteiger charge is -2.07. The minimum Gasteiger partial charge on any atom is -0.487 e. The van der Waals surface area contributed by atoms with Gasteiger partial charge in [-0.2, -0.15) is 0 Å². The Kier molecular flexibility index (Phi) is 6.14. The van der Waals surface area contributed by atoms with Gasteiger partial charge in [0, 0.05) is 6.07 Å². The normalized spacial score (nSPS) is 10.3. The fourth-order valence-electron chi connectivity index (χ4n) is 1.62. The number of benzene rings is 1. The van der Waals surface area contributed by atoms with Gasteiger partial charge in [0.15, 0.2) is 5.75 Å². The van der Waals surface area contributed by atoms with E-state index in [4.69, 9.17) is 10.5 Å². The Morgan fingerprint density at radius 1 is 1.39 bits per heavy atom. The molecule has 0 unspecified atom stereocenters. The van der Waals surface area contributed by atoms with Crippen molar-refractivity contribution in [2.24, 2.45) is 5.73 Å². The summed E-state index contributed by atoms with van der Waals surface area (Å²) >= 11 is 0. The quantitative estimate of drug-likeness (QED) is 0.438. The minimum atomic E-state index is -0.396. The predicted octanol–water partition coefficient (Wildman–Crippen LogP) is 2.67. The third kappa shape index (κ3) is 4.33. The van der Waals surface area contributed by atoms with Gasteiger partial charge in [0.05, 0.1) is 11.5 Å². The molecular weight excluding hydrogens is 232 g/mol. The number of hydrogen-bond donors (Lipinski definition) is 1. The summed E-state index contributed by atoms with van der Waals surface area (Å²) in [6.07, 6.45) is 3.48. The first-order chi connectivity index (χ1) is 8.69. The van der Waals surface area contributed by atoms with Crippen LogP contribution in [0.1, 0.15) is 31.7 Å². The third-order valence-corrected chi connectivity index (χ3v) is 2.65. The molecule has 0 spiro atoms. The average Bonchev–Trinajstić information content (AvgIpc) is 2.37. The van der Waals surface area contributed by atoms with Crippen molar-refractivity contribution in [1.29, 1.82) is 0 Å². The van der Waals surface area contributed by atoms with Crippen LogP contribution in [-0.4, -0.2) is 18.1 Å². The van der Waals surface area contributed by atoms with Crippen LogP contribution in [0.25, 0.3) is 0 Å². The van der Waals surface area contributed by atoms with Crippen LogP contribution in [0.2, 0.25) is 0 Å². The molecule has 0 radical (unpaired) electrons. The van der Waals surface area contributed by atoms with E-state index in [9.17, 15) is 10.1 Å². The zero-order chi connectivity index (χ0) is 13.4. The van der Waals surface area contributed by atoms with Crippen LogP contribution in [0.15, 0.2) is 18.2 Å². The minimum absolute atomic E-state index is 0.0422. The summed E-state index contributed by atoms with van der Waals surface area (Å²) in [5.74, 6) is 0.352. The lowest BCUT2D eigenvalue weighted by atomic mass is 10.1. The molecule has 0 fully saturated rings. The van der Waals surface area contributed by atoms with Gasteiger partial charge in [-0.1, -0.05) is 19.4 Å². The SMILES string of the molecule is CCCCOc1ccc(CCCN)cc1[N+](=O)[O-]. The molecule has 0 heterocycles. The summed E-state index contributed by atoms with van der Waals surface area (Å²) < 4.78 is 5.43. The van der Waals surface area contributed by atoms with Crippen molar-refractivity contribution in [2.75, 3.05) is 13.2 Å². The van der Waals surface area contributed by atoms with Crippen molar-refractivity contribution in [3.05, 3.63) is 33.9 Å². The van der Waals surface area contributed by atoms with E-state index in [2.05, 4.69) is 0 Å². The monoisotopic (exact) mass is 252 g/mol. The maximum absolute atomic E-state index is 11.0. The van der Waals surface area contributed by atoms with Crippen molar-refractivity contribution in [1.82, 2.24) is 0 Å². The molecule has 1 aromatic carbocycles. The molecule has 0 saturated heterocycles. The summed E-state index contributed by atoms with van der Waals surface area (Å²) in [4.78, 5) is 10.6. The van der Waals surface area contributed by atoms with Crippen LogP contribution < -0.4 is 10.5 Å². The Labute approximate surface area is 107 Å². The molecular formula is C13H20N2O3. The van der Waals surface area contributed by atoms with Gasteiger partial charge < -0.3 is 10.5 Å². The van der Waals surface area contributed by atoms with Gasteiger partial charge in [-0.05, 0) is 37.4 Å². The molecule has 0 aliphatic heterocycles. The number of nitro groups is 1. The van der Waals surface area contributed by atoms with Crippen LogP contribution in [0.5, 0.6) is 5.75 Å². The van der Waals surface area contributed by atoms with E-state index in [0.717, 1.165) is 31.2 Å². The highest BCUT2D eigenvalue weighted by atomic mass is 16.6. The Morgan fingerprint density at radius 2 is 2.17 bits per heavy atom. The molecule has 0 bridgehead atoms. The van der Waals surface area contributed by atoms with Crippen LogP contribution in [0, 0.1) is 10.1 Å². The molecule has 0 saturated carbocycles. The molecule has 0 aliphatic carbocycles. The zero-order valence-corrected chi connectivity index (χ0v) is 10.7. The number of nitrogens with zero attached hydrogens (tertiary/aromatic N) is 1. The predicted molar refractivity (Wildman–Crippen MR) is 70.9 cm³/mol. The van der Waals surface area contributed by atoms with Gasteiger partial charge in [0.1, 0.15) is 0 Å². The Bertz CT molecular complexity index is 394. The molecule has 5 nitrogen and oxygen atoms in total. The van der Waals surface area contributed by atoms with Crippen molar-refractivity contribution < 1.29 is 9.66 Å². The smallest absolute Gasteiger partial charge is 0.311 e. The lowest BCUT2D eigenvalue weighted by Crippen LogP contribution is -2.03. The van der Waals surface area contributed by atoms with E-state index in [1.807, 2.05) is 13.0 Å². The van der Waals surface area contributed by atoms with Gasteiger partial charge in [0.2, 0.25) is 0 Å². The second-order valence-corrected chi connectivity index (χ2v) is 4.15. The molecule has 0 aliphatic rings. The fourth-order valence-corrected chi connectivity index (χ4v) is 1.62. The topological polar surface area (TPSA) is 78.4 Å². The molecule has 2 N–H and O–H groups in total. The summed E-state index contributed by atoms with van der Waals surface area (Å²) in [7, 11) is 0. The average molecular weight is 252 g/mol. The highest BCUT2D eigenvalue weighted by Crippen LogP contribution is 2.28. The Morgan fingerprint density at radius 3 is 2.78 bits per heavy atom. The largest absolute Gasteiger partial charge is 0.487 e. The fraction of sp³-hybridized carbons (Fsp3) is 0.538. The first kappa shape index (κ1) is 14.4. The molecule has 1 aromatic rings. The lowest BCUT2D eigenvalue weighted by molar-refractivity contribution is -0.385. The highest BCUT2D eigenvalue weighted by Gasteiger charge is 2.15. The maximum atomic E-state index is 11.0. The second-order valence-electron chi connectivity index (χ2n) is 4.15. The number of unbranched alkanes of at least 4 members (excludes halogenated alkanes) is 1. The highest BCUT2D eigenvalue weighted by molar-refractivity contribution is 5.48. The summed E-state index contributed by atoms with van der Waals surface area (Å²) in [6.45, 7) is 3.15. The number of rotatable bonds is 8. The Hall–Kier alpha value is -1.62. The molecule has 0 atom stereocenters. The first-order valence-corrected chi connectivity index (χ1v) is 6.29. The van der Waals surface area contributed by atoms with Crippen molar-refractivity contribution in [2.45, 2.75) is 32.6 Å². The van der Waals surface area contributed by atoms with Crippen LogP contribution in [0.3, 0.4) is 0 Å². The third-order valence-electron chi connectivity index (χ3n) is 2.65. The van der Waals surface area contributed by atoms with E-state index in [1.165, 1.54) is 0 Å². The van der Waals surface area contributed by atoms with E-state index in [0.29, 0.717) is 18.9 Å². The number of hydrogen-bond acceptors (Lipinski definition) is 4. The van der Waals surface area contributed by atoms with Gasteiger partial charge in [-0.25, -0.2) is 0 Å². The van der Waals surface area contributed by atoms with Crippen molar-refractivity contribution >= 4 is 5.69 Å². The zero-order valence-electron chi connectivity index (χ0n) is 10.7. The summed E-state index contributed by atoms with van der Waals surface area (Å²) in [6, 6.07) is 5.13. The molecule has 0 aromatic heterocycles. The van der Waals surface area contributed by atoms with Gasteiger partial charge >= 0.3 is 5.69 Å². The molecule has 100 valence electrons. The van der Waals surface area contributed by atoms with E-state index >= 15 is 0 Å². The summed E-state index contributed by atoms with van der Waals surface area (Å²) in [5.41, 5.74) is 6.39. The van der Waals surface area contributed by atoms with Gasteiger partial charge in [-0.15, -0.1) is 0 Å². The maximum Gasteiger partial charge on any atom is 0.311 e. The Balaban J connectivity index is 2.80. The standard InChI is InChI=1S/C13H20N2O3/c1-2-3-9-18-13-7-6-11(5-4-8-14)10-12(13)15(16)17/h6-7,10H,2-5,8-9,14H2,1H3. The molecule has 5 heteroatoms. The summed E-state index contributed by atoms with van der Waals surface area (Å²) in [5, 5.41) is 11.0. The van der Waals surface area contributed by atoms with Gasteiger partial charge in [0.25, 0.3) is 0 Å². The number of ether oxygens (including phenoxy) is 1. The van der Waals surface area contributed by atoms with Crippen molar-refractivity contribution in [3.63, 3.8) is 0 Å². The van der Waals surface area contributed by atoms with Crippen LogP contribution >= 0.6 is 0 Å². The first-order valence-electron chi connectivity index (χ1n) is 6.29. The van der Waals surface area contributed by atoms with E-state index in [1.54, 1.807) is 12.1 Å². The van der Waals surface area contributed by atoms with Crippen molar-refractivity contribution in [3.8, 4) is 5.75 Å². The van der Waals surface area contributed by atoms with Crippen LogP contribution in [0.4, 0.5) is 5.69 Å². The second kappa shape index (κ2) is 7.66. The molecule has 0 amide bonds. The number of nitrogens with two attached hydrogens (primary N) is 1.